The second kappa shape index (κ2) is 14.4. The van der Waals surface area contributed by atoms with Crippen molar-refractivity contribution in [2.75, 3.05) is 25.1 Å². The van der Waals surface area contributed by atoms with Crippen LogP contribution in [0.25, 0.3) is 0 Å². The summed E-state index contributed by atoms with van der Waals surface area (Å²) in [6.07, 6.45) is 5.08. The fourth-order valence-corrected chi connectivity index (χ4v) is 6.61. The predicted molar refractivity (Wildman–Crippen MR) is 167 cm³/mol. The standard InChI is InChI=1S/C33H41N3O6S/c1-24-10-20-31(21-11-24)43(39,40)36(28-14-18-30(42-4)19-15-28)23-32(37)35(22-26-12-16-29(41-3)17-13-26)25(2)33(38)34-27-8-6-5-7-9-27/h10-21,25,27H,5-9,22-23H2,1-4H3,(H,34,38)/t25-/m1/s1. The average Bonchev–Trinajstić information content (AvgIpc) is 3.03. The van der Waals surface area contributed by atoms with Crippen molar-refractivity contribution >= 4 is 27.5 Å². The molecular weight excluding hydrogens is 566 g/mol. The lowest BCUT2D eigenvalue weighted by atomic mass is 9.95. The van der Waals surface area contributed by atoms with Crippen LogP contribution in [0.15, 0.2) is 77.7 Å². The van der Waals surface area contributed by atoms with Crippen LogP contribution in [0.4, 0.5) is 5.69 Å². The molecule has 4 rings (SSSR count). The zero-order valence-corrected chi connectivity index (χ0v) is 26.1. The molecule has 10 heteroatoms. The van der Waals surface area contributed by atoms with E-state index in [0.717, 1.165) is 47.5 Å². The first-order valence-corrected chi connectivity index (χ1v) is 16.0. The number of anilines is 1. The van der Waals surface area contributed by atoms with E-state index in [4.69, 9.17) is 9.47 Å². The number of ether oxygens (including phenoxy) is 2. The van der Waals surface area contributed by atoms with E-state index < -0.39 is 28.5 Å². The highest BCUT2D eigenvalue weighted by molar-refractivity contribution is 7.92. The summed E-state index contributed by atoms with van der Waals surface area (Å²) in [4.78, 5) is 29.1. The number of aryl methyl sites for hydroxylation is 1. The maximum Gasteiger partial charge on any atom is 0.264 e. The molecule has 0 bridgehead atoms. The number of hydrogen-bond donors (Lipinski definition) is 1. The second-order valence-corrected chi connectivity index (χ2v) is 12.8. The number of methoxy groups -OCH3 is 2. The van der Waals surface area contributed by atoms with Gasteiger partial charge in [0.05, 0.1) is 24.8 Å². The first-order valence-electron chi connectivity index (χ1n) is 14.6. The molecule has 0 spiro atoms. The van der Waals surface area contributed by atoms with Gasteiger partial charge in [0.15, 0.2) is 0 Å². The Bertz CT molecular complexity index is 1470. The number of nitrogens with zero attached hydrogens (tertiary/aromatic N) is 2. The third-order valence-electron chi connectivity index (χ3n) is 7.88. The number of amides is 2. The van der Waals surface area contributed by atoms with Gasteiger partial charge in [0.25, 0.3) is 10.0 Å². The smallest absolute Gasteiger partial charge is 0.264 e. The minimum absolute atomic E-state index is 0.0616. The van der Waals surface area contributed by atoms with Gasteiger partial charge >= 0.3 is 0 Å². The van der Waals surface area contributed by atoms with Crippen LogP contribution in [0.1, 0.15) is 50.2 Å². The van der Waals surface area contributed by atoms with Gasteiger partial charge in [0.2, 0.25) is 11.8 Å². The Labute approximate surface area is 254 Å². The number of sulfonamides is 1. The van der Waals surface area contributed by atoms with E-state index in [-0.39, 0.29) is 23.4 Å². The Morgan fingerprint density at radius 1 is 0.860 bits per heavy atom. The summed E-state index contributed by atoms with van der Waals surface area (Å²) in [6, 6.07) is 19.5. The molecular formula is C33H41N3O6S. The Hall–Kier alpha value is -4.05. The van der Waals surface area contributed by atoms with E-state index in [1.54, 1.807) is 62.6 Å². The number of nitrogens with one attached hydrogen (secondary N) is 1. The molecule has 3 aromatic rings. The highest BCUT2D eigenvalue weighted by atomic mass is 32.2. The van der Waals surface area contributed by atoms with Crippen molar-refractivity contribution in [2.45, 2.75) is 69.5 Å². The Kier molecular flexibility index (Phi) is 10.7. The zero-order chi connectivity index (χ0) is 31.0. The molecule has 9 nitrogen and oxygen atoms in total. The highest BCUT2D eigenvalue weighted by Gasteiger charge is 2.33. The van der Waals surface area contributed by atoms with Gasteiger partial charge in [-0.15, -0.1) is 0 Å². The summed E-state index contributed by atoms with van der Waals surface area (Å²) in [5.74, 6) is 0.455. The van der Waals surface area contributed by atoms with Gasteiger partial charge in [-0.05, 0) is 80.8 Å². The topological polar surface area (TPSA) is 105 Å². The molecule has 0 unspecified atom stereocenters. The lowest BCUT2D eigenvalue weighted by Crippen LogP contribution is -2.53. The van der Waals surface area contributed by atoms with Crippen LogP contribution in [-0.4, -0.2) is 58.0 Å². The molecule has 1 fully saturated rings. The molecule has 1 aliphatic carbocycles. The van der Waals surface area contributed by atoms with Crippen LogP contribution in [0.3, 0.4) is 0 Å². The van der Waals surface area contributed by atoms with Crippen LogP contribution >= 0.6 is 0 Å². The quantitative estimate of drug-likeness (QED) is 0.308. The minimum Gasteiger partial charge on any atom is -0.497 e. The van der Waals surface area contributed by atoms with Gasteiger partial charge < -0.3 is 19.7 Å². The summed E-state index contributed by atoms with van der Waals surface area (Å²) < 4.78 is 39.6. The maximum atomic E-state index is 14.1. The number of hydrogen-bond acceptors (Lipinski definition) is 6. The first kappa shape index (κ1) is 31.9. The number of carbonyl (C=O) groups is 2. The Morgan fingerprint density at radius 2 is 1.42 bits per heavy atom. The molecule has 3 aromatic carbocycles. The van der Waals surface area contributed by atoms with Gasteiger partial charge in [-0.2, -0.15) is 0 Å². The number of benzene rings is 3. The highest BCUT2D eigenvalue weighted by Crippen LogP contribution is 2.27. The summed E-state index contributed by atoms with van der Waals surface area (Å²) in [5, 5.41) is 3.12. The monoisotopic (exact) mass is 607 g/mol. The van der Waals surface area contributed by atoms with Gasteiger partial charge in [0.1, 0.15) is 24.1 Å². The zero-order valence-electron chi connectivity index (χ0n) is 25.3. The van der Waals surface area contributed by atoms with Crippen molar-refractivity contribution in [3.05, 3.63) is 83.9 Å². The summed E-state index contributed by atoms with van der Waals surface area (Å²) in [6.45, 7) is 3.17. The van der Waals surface area contributed by atoms with E-state index in [2.05, 4.69) is 5.32 Å². The summed E-state index contributed by atoms with van der Waals surface area (Å²) >= 11 is 0. The first-order chi connectivity index (χ1) is 20.6. The average molecular weight is 608 g/mol. The van der Waals surface area contributed by atoms with Crippen LogP contribution in [0.5, 0.6) is 11.5 Å². The SMILES string of the molecule is COc1ccc(CN(C(=O)CN(c2ccc(OC)cc2)S(=O)(=O)c2ccc(C)cc2)[C@H](C)C(=O)NC2CCCCC2)cc1. The van der Waals surface area contributed by atoms with Gasteiger partial charge in [-0.3, -0.25) is 13.9 Å². The third-order valence-corrected chi connectivity index (χ3v) is 9.67. The maximum absolute atomic E-state index is 14.1. The summed E-state index contributed by atoms with van der Waals surface area (Å²) in [7, 11) is -1.04. The van der Waals surface area contributed by atoms with E-state index in [0.29, 0.717) is 17.2 Å². The van der Waals surface area contributed by atoms with Crippen LogP contribution in [-0.2, 0) is 26.2 Å². The third kappa shape index (κ3) is 8.07. The van der Waals surface area contributed by atoms with Crippen molar-refractivity contribution in [2.24, 2.45) is 0 Å². The summed E-state index contributed by atoms with van der Waals surface area (Å²) in [5.41, 5.74) is 2.00. The molecule has 0 radical (unpaired) electrons. The molecule has 2 amide bonds. The van der Waals surface area contributed by atoms with Gasteiger partial charge in [0, 0.05) is 12.6 Å². The molecule has 0 aliphatic heterocycles. The Balaban J connectivity index is 1.67. The second-order valence-electron chi connectivity index (χ2n) is 10.9. The Morgan fingerprint density at radius 3 is 1.98 bits per heavy atom. The van der Waals surface area contributed by atoms with E-state index in [1.165, 1.54) is 24.1 Å². The van der Waals surface area contributed by atoms with Crippen LogP contribution < -0.4 is 19.1 Å². The van der Waals surface area contributed by atoms with Crippen LogP contribution in [0.2, 0.25) is 0 Å². The van der Waals surface area contributed by atoms with Gasteiger partial charge in [-0.25, -0.2) is 8.42 Å². The largest absolute Gasteiger partial charge is 0.497 e. The minimum atomic E-state index is -4.14. The molecule has 0 saturated heterocycles. The fourth-order valence-electron chi connectivity index (χ4n) is 5.19. The number of carbonyl (C=O) groups excluding carboxylic acids is 2. The molecule has 0 heterocycles. The molecule has 230 valence electrons. The predicted octanol–water partition coefficient (Wildman–Crippen LogP) is 5.07. The number of rotatable bonds is 12. The van der Waals surface area contributed by atoms with Crippen LogP contribution in [0, 0.1) is 6.92 Å². The molecule has 1 aliphatic rings. The normalized spacial score (nSPS) is 14.4. The molecule has 0 aromatic heterocycles. The fraction of sp³-hybridized carbons (Fsp3) is 0.394. The van der Waals surface area contributed by atoms with E-state index in [9.17, 15) is 18.0 Å². The lowest BCUT2D eigenvalue weighted by molar-refractivity contribution is -0.139. The van der Waals surface area contributed by atoms with Crippen molar-refractivity contribution in [1.29, 1.82) is 0 Å². The van der Waals surface area contributed by atoms with Crippen molar-refractivity contribution < 1.29 is 27.5 Å². The van der Waals surface area contributed by atoms with E-state index in [1.807, 2.05) is 19.1 Å². The van der Waals surface area contributed by atoms with Crippen molar-refractivity contribution in [3.63, 3.8) is 0 Å². The molecule has 1 atom stereocenters. The van der Waals surface area contributed by atoms with Gasteiger partial charge in [-0.1, -0.05) is 49.1 Å². The molecule has 1 N–H and O–H groups in total. The van der Waals surface area contributed by atoms with Crippen molar-refractivity contribution in [3.8, 4) is 11.5 Å². The molecule has 43 heavy (non-hydrogen) atoms. The van der Waals surface area contributed by atoms with E-state index >= 15 is 0 Å². The lowest BCUT2D eigenvalue weighted by Gasteiger charge is -2.33. The van der Waals surface area contributed by atoms with Crippen molar-refractivity contribution in [1.82, 2.24) is 10.2 Å². The molecule has 1 saturated carbocycles.